The van der Waals surface area contributed by atoms with E-state index < -0.39 is 12.2 Å². The van der Waals surface area contributed by atoms with Crippen molar-refractivity contribution in [3.05, 3.63) is 60.2 Å². The first-order chi connectivity index (χ1) is 12.2. The molecule has 6 heteroatoms. The summed E-state index contributed by atoms with van der Waals surface area (Å²) in [7, 11) is 0. The minimum absolute atomic E-state index is 0.221. The van der Waals surface area contributed by atoms with Crippen molar-refractivity contribution in [1.82, 2.24) is 5.32 Å². The standard InChI is InChI=1S/C19H22N2O4/c1-3-20-18(22)25-17-13-9-8-10-15(17)14-21(19(23)24-4-2)16-11-6-5-7-12-16/h5-13H,3-4,14H2,1-2H3,(H,20,22). The van der Waals surface area contributed by atoms with Gasteiger partial charge in [0.2, 0.25) is 0 Å². The maximum absolute atomic E-state index is 12.4. The van der Waals surface area contributed by atoms with Crippen LogP contribution in [-0.4, -0.2) is 25.3 Å². The van der Waals surface area contributed by atoms with Gasteiger partial charge in [0.15, 0.2) is 0 Å². The number of nitrogens with one attached hydrogen (secondary N) is 1. The van der Waals surface area contributed by atoms with Crippen LogP contribution in [0.5, 0.6) is 5.75 Å². The van der Waals surface area contributed by atoms with Crippen LogP contribution in [0.3, 0.4) is 0 Å². The highest BCUT2D eigenvalue weighted by Gasteiger charge is 2.19. The van der Waals surface area contributed by atoms with Crippen LogP contribution in [0.25, 0.3) is 0 Å². The van der Waals surface area contributed by atoms with E-state index in [1.54, 1.807) is 19.1 Å². The molecule has 2 rings (SSSR count). The zero-order valence-electron chi connectivity index (χ0n) is 14.4. The third kappa shape index (κ3) is 5.24. The summed E-state index contributed by atoms with van der Waals surface area (Å²) in [6.45, 7) is 4.54. The molecule has 0 heterocycles. The SMILES string of the molecule is CCNC(=O)Oc1ccccc1CN(C(=O)OCC)c1ccccc1. The predicted octanol–water partition coefficient (Wildman–Crippen LogP) is 3.96. The molecule has 0 unspecified atom stereocenters. The Hall–Kier alpha value is -3.02. The lowest BCUT2D eigenvalue weighted by molar-refractivity contribution is 0.159. The lowest BCUT2D eigenvalue weighted by Crippen LogP contribution is -2.32. The van der Waals surface area contributed by atoms with Crippen molar-refractivity contribution in [2.75, 3.05) is 18.1 Å². The Morgan fingerprint density at radius 3 is 2.36 bits per heavy atom. The molecule has 0 aliphatic rings. The Kier molecular flexibility index (Phi) is 6.83. The van der Waals surface area contributed by atoms with Gasteiger partial charge in [0, 0.05) is 17.8 Å². The van der Waals surface area contributed by atoms with E-state index in [4.69, 9.17) is 9.47 Å². The summed E-state index contributed by atoms with van der Waals surface area (Å²) in [6.07, 6.45) is -0.987. The number of nitrogens with zero attached hydrogens (tertiary/aromatic N) is 1. The number of carbonyl (C=O) groups is 2. The van der Waals surface area contributed by atoms with Gasteiger partial charge in [-0.2, -0.15) is 0 Å². The number of anilines is 1. The smallest absolute Gasteiger partial charge is 0.414 e. The minimum atomic E-state index is -0.530. The largest absolute Gasteiger partial charge is 0.449 e. The van der Waals surface area contributed by atoms with E-state index >= 15 is 0 Å². The second-order valence-electron chi connectivity index (χ2n) is 5.15. The molecule has 0 saturated carbocycles. The van der Waals surface area contributed by atoms with Gasteiger partial charge in [0.1, 0.15) is 5.75 Å². The maximum atomic E-state index is 12.4. The van der Waals surface area contributed by atoms with E-state index in [2.05, 4.69) is 5.32 Å². The Morgan fingerprint density at radius 2 is 1.68 bits per heavy atom. The molecule has 6 nitrogen and oxygen atoms in total. The summed E-state index contributed by atoms with van der Waals surface area (Å²) in [4.78, 5) is 25.6. The van der Waals surface area contributed by atoms with Crippen molar-refractivity contribution in [1.29, 1.82) is 0 Å². The van der Waals surface area contributed by atoms with E-state index in [0.717, 1.165) is 0 Å². The number of hydrogen-bond donors (Lipinski definition) is 1. The topological polar surface area (TPSA) is 67.9 Å². The summed E-state index contributed by atoms with van der Waals surface area (Å²) >= 11 is 0. The zero-order valence-corrected chi connectivity index (χ0v) is 14.4. The highest BCUT2D eigenvalue weighted by Crippen LogP contribution is 2.24. The predicted molar refractivity (Wildman–Crippen MR) is 95.8 cm³/mol. The fourth-order valence-corrected chi connectivity index (χ4v) is 2.26. The van der Waals surface area contributed by atoms with Crippen LogP contribution in [0, 0.1) is 0 Å². The lowest BCUT2D eigenvalue weighted by atomic mass is 10.1. The van der Waals surface area contributed by atoms with E-state index in [1.807, 2.05) is 49.4 Å². The molecule has 25 heavy (non-hydrogen) atoms. The summed E-state index contributed by atoms with van der Waals surface area (Å²) in [5, 5.41) is 2.58. The third-order valence-electron chi connectivity index (χ3n) is 3.38. The summed E-state index contributed by atoms with van der Waals surface area (Å²) in [6, 6.07) is 16.3. The molecule has 0 atom stereocenters. The van der Waals surface area contributed by atoms with Crippen LogP contribution in [0.15, 0.2) is 54.6 Å². The van der Waals surface area contributed by atoms with E-state index in [9.17, 15) is 9.59 Å². The quantitative estimate of drug-likeness (QED) is 0.863. The number of hydrogen-bond acceptors (Lipinski definition) is 4. The minimum Gasteiger partial charge on any atom is -0.449 e. The molecular formula is C19H22N2O4. The number of rotatable bonds is 6. The van der Waals surface area contributed by atoms with E-state index in [-0.39, 0.29) is 13.2 Å². The van der Waals surface area contributed by atoms with Gasteiger partial charge in [-0.1, -0.05) is 36.4 Å². The molecule has 0 radical (unpaired) electrons. The molecule has 132 valence electrons. The first-order valence-corrected chi connectivity index (χ1v) is 8.18. The van der Waals surface area contributed by atoms with Crippen LogP contribution >= 0.6 is 0 Å². The molecule has 0 saturated heterocycles. The zero-order chi connectivity index (χ0) is 18.1. The molecule has 0 aromatic heterocycles. The van der Waals surface area contributed by atoms with Crippen molar-refractivity contribution in [3.8, 4) is 5.75 Å². The van der Waals surface area contributed by atoms with Gasteiger partial charge >= 0.3 is 12.2 Å². The van der Waals surface area contributed by atoms with Crippen molar-refractivity contribution in [2.24, 2.45) is 0 Å². The lowest BCUT2D eigenvalue weighted by Gasteiger charge is -2.23. The van der Waals surface area contributed by atoms with Gasteiger partial charge < -0.3 is 14.8 Å². The fourth-order valence-electron chi connectivity index (χ4n) is 2.26. The van der Waals surface area contributed by atoms with Crippen LogP contribution < -0.4 is 15.0 Å². The van der Waals surface area contributed by atoms with Gasteiger partial charge in [-0.3, -0.25) is 4.90 Å². The van der Waals surface area contributed by atoms with Crippen molar-refractivity contribution < 1.29 is 19.1 Å². The van der Waals surface area contributed by atoms with Crippen LogP contribution in [0.2, 0.25) is 0 Å². The number of ether oxygens (including phenoxy) is 2. The van der Waals surface area contributed by atoms with Crippen molar-refractivity contribution in [3.63, 3.8) is 0 Å². The molecule has 2 amide bonds. The molecule has 0 fully saturated rings. The Bertz CT molecular complexity index is 704. The Balaban J connectivity index is 2.27. The van der Waals surface area contributed by atoms with Gasteiger partial charge in [0.05, 0.1) is 13.2 Å². The highest BCUT2D eigenvalue weighted by molar-refractivity contribution is 5.87. The van der Waals surface area contributed by atoms with Crippen LogP contribution in [0.4, 0.5) is 15.3 Å². The maximum Gasteiger partial charge on any atom is 0.414 e. The average molecular weight is 342 g/mol. The highest BCUT2D eigenvalue weighted by atomic mass is 16.6. The molecule has 0 aliphatic heterocycles. The van der Waals surface area contributed by atoms with Crippen molar-refractivity contribution >= 4 is 17.9 Å². The normalized spacial score (nSPS) is 10.0. The summed E-state index contributed by atoms with van der Waals surface area (Å²) < 4.78 is 10.5. The second-order valence-corrected chi connectivity index (χ2v) is 5.15. The number of para-hydroxylation sites is 2. The van der Waals surface area contributed by atoms with E-state index in [0.29, 0.717) is 23.5 Å². The Labute approximate surface area is 147 Å². The average Bonchev–Trinajstić information content (AvgIpc) is 2.62. The molecule has 2 aromatic carbocycles. The van der Waals surface area contributed by atoms with Gasteiger partial charge in [-0.05, 0) is 32.0 Å². The number of carbonyl (C=O) groups excluding carboxylic acids is 2. The van der Waals surface area contributed by atoms with E-state index in [1.165, 1.54) is 4.90 Å². The first kappa shape index (κ1) is 18.3. The van der Waals surface area contributed by atoms with Crippen LogP contribution in [0.1, 0.15) is 19.4 Å². The molecular weight excluding hydrogens is 320 g/mol. The molecule has 2 aromatic rings. The van der Waals surface area contributed by atoms with Gasteiger partial charge in [0.25, 0.3) is 0 Å². The molecule has 0 aliphatic carbocycles. The van der Waals surface area contributed by atoms with Crippen LogP contribution in [-0.2, 0) is 11.3 Å². The monoisotopic (exact) mass is 342 g/mol. The molecule has 1 N–H and O–H groups in total. The number of amides is 2. The summed E-state index contributed by atoms with van der Waals surface area (Å²) in [5.74, 6) is 0.402. The second kappa shape index (κ2) is 9.32. The Morgan fingerprint density at radius 1 is 1.00 bits per heavy atom. The first-order valence-electron chi connectivity index (χ1n) is 8.18. The van der Waals surface area contributed by atoms with Gasteiger partial charge in [-0.25, -0.2) is 9.59 Å². The fraction of sp³-hybridized carbons (Fsp3) is 0.263. The molecule has 0 spiro atoms. The van der Waals surface area contributed by atoms with Crippen molar-refractivity contribution in [2.45, 2.75) is 20.4 Å². The number of benzene rings is 2. The third-order valence-corrected chi connectivity index (χ3v) is 3.38. The molecule has 0 bridgehead atoms. The van der Waals surface area contributed by atoms with Gasteiger partial charge in [-0.15, -0.1) is 0 Å². The summed E-state index contributed by atoms with van der Waals surface area (Å²) in [5.41, 5.74) is 1.40.